The summed E-state index contributed by atoms with van der Waals surface area (Å²) in [6, 6.07) is 0.474. The van der Waals surface area contributed by atoms with Crippen LogP contribution in [0.5, 0.6) is 0 Å². The van der Waals surface area contributed by atoms with Gasteiger partial charge in [0.1, 0.15) is 4.88 Å². The van der Waals surface area contributed by atoms with Crippen LogP contribution in [-0.2, 0) is 0 Å². The van der Waals surface area contributed by atoms with Gasteiger partial charge in [-0.05, 0) is 43.7 Å². The van der Waals surface area contributed by atoms with E-state index in [9.17, 15) is 4.79 Å². The van der Waals surface area contributed by atoms with Crippen LogP contribution in [0.15, 0.2) is 5.38 Å². The third-order valence-corrected chi connectivity index (χ3v) is 5.32. The fourth-order valence-electron chi connectivity index (χ4n) is 2.41. The molecule has 3 atom stereocenters. The molecule has 1 aromatic heterocycles. The van der Waals surface area contributed by atoms with Gasteiger partial charge < -0.3 is 10.6 Å². The summed E-state index contributed by atoms with van der Waals surface area (Å²) in [4.78, 5) is 12.8. The second kappa shape index (κ2) is 6.93. The highest BCUT2D eigenvalue weighted by molar-refractivity contribution is 7.13. The Labute approximate surface area is 129 Å². The van der Waals surface area contributed by atoms with E-state index >= 15 is 0 Å². The molecular formula is C13H20Cl2N2OS. The molecule has 6 heteroatoms. The van der Waals surface area contributed by atoms with Gasteiger partial charge in [0.15, 0.2) is 0 Å². The van der Waals surface area contributed by atoms with Crippen LogP contribution < -0.4 is 10.6 Å². The quantitative estimate of drug-likeness (QED) is 0.877. The number of amides is 1. The first kappa shape index (κ1) is 16.8. The van der Waals surface area contributed by atoms with Crippen LogP contribution in [0.3, 0.4) is 0 Å². The summed E-state index contributed by atoms with van der Waals surface area (Å²) in [5.41, 5.74) is 0.967. The Balaban J connectivity index is 0.00000180. The van der Waals surface area contributed by atoms with Crippen LogP contribution in [0, 0.1) is 12.8 Å². The Hall–Kier alpha value is -0.290. The first-order valence-electron chi connectivity index (χ1n) is 6.28. The lowest BCUT2D eigenvalue weighted by Gasteiger charge is -2.35. The highest BCUT2D eigenvalue weighted by atomic mass is 35.5. The van der Waals surface area contributed by atoms with Crippen molar-refractivity contribution >= 4 is 41.3 Å². The number of aryl methyl sites for hydroxylation is 1. The number of carbonyl (C=O) groups is 1. The normalized spacial score (nSPS) is 26.6. The minimum Gasteiger partial charge on any atom is -0.347 e. The van der Waals surface area contributed by atoms with Crippen molar-refractivity contribution in [3.05, 3.63) is 20.8 Å². The molecular weight excluding hydrogens is 303 g/mol. The molecule has 0 aromatic carbocycles. The van der Waals surface area contributed by atoms with Crippen LogP contribution in [-0.4, -0.2) is 24.5 Å². The molecule has 0 bridgehead atoms. The maximum atomic E-state index is 12.2. The molecule has 2 heterocycles. The lowest BCUT2D eigenvalue weighted by molar-refractivity contribution is 0.0902. The van der Waals surface area contributed by atoms with E-state index in [1.165, 1.54) is 11.3 Å². The highest BCUT2D eigenvalue weighted by Gasteiger charge is 2.29. The van der Waals surface area contributed by atoms with Gasteiger partial charge in [0.2, 0.25) is 0 Å². The summed E-state index contributed by atoms with van der Waals surface area (Å²) in [7, 11) is 0. The number of rotatable bonds is 2. The average molecular weight is 323 g/mol. The van der Waals surface area contributed by atoms with E-state index in [1.807, 2.05) is 12.3 Å². The maximum absolute atomic E-state index is 12.2. The number of hydrogen-bond donors (Lipinski definition) is 2. The van der Waals surface area contributed by atoms with Crippen LogP contribution in [0.2, 0.25) is 5.02 Å². The average Bonchev–Trinajstić information content (AvgIpc) is 2.65. The molecule has 2 N–H and O–H groups in total. The third-order valence-electron chi connectivity index (χ3n) is 3.62. The van der Waals surface area contributed by atoms with Gasteiger partial charge in [-0.15, -0.1) is 23.7 Å². The van der Waals surface area contributed by atoms with E-state index in [1.54, 1.807) is 0 Å². The predicted octanol–water partition coefficient (Wildman–Crippen LogP) is 3.25. The predicted molar refractivity (Wildman–Crippen MR) is 83.8 cm³/mol. The molecule has 108 valence electrons. The maximum Gasteiger partial charge on any atom is 0.263 e. The van der Waals surface area contributed by atoms with Crippen molar-refractivity contribution in [1.29, 1.82) is 0 Å². The molecule has 1 amide bonds. The molecule has 1 saturated heterocycles. The lowest BCUT2D eigenvalue weighted by atomic mass is 9.89. The Morgan fingerprint density at radius 3 is 2.74 bits per heavy atom. The van der Waals surface area contributed by atoms with Gasteiger partial charge in [0, 0.05) is 12.1 Å². The minimum atomic E-state index is -0.0505. The first-order valence-corrected chi connectivity index (χ1v) is 7.54. The van der Waals surface area contributed by atoms with Gasteiger partial charge in [-0.3, -0.25) is 4.79 Å². The van der Waals surface area contributed by atoms with Gasteiger partial charge in [-0.25, -0.2) is 0 Å². The van der Waals surface area contributed by atoms with E-state index in [0.29, 0.717) is 21.9 Å². The molecule has 1 aliphatic rings. The summed E-state index contributed by atoms with van der Waals surface area (Å²) >= 11 is 7.54. The Kier molecular flexibility index (Phi) is 6.12. The molecule has 0 saturated carbocycles. The molecule has 2 rings (SSSR count). The highest BCUT2D eigenvalue weighted by Crippen LogP contribution is 2.27. The summed E-state index contributed by atoms with van der Waals surface area (Å²) in [5, 5.41) is 9.01. The second-order valence-corrected chi connectivity index (χ2v) is 6.33. The topological polar surface area (TPSA) is 41.1 Å². The van der Waals surface area contributed by atoms with Gasteiger partial charge >= 0.3 is 0 Å². The number of nitrogens with one attached hydrogen (secondary N) is 2. The molecule has 0 aliphatic carbocycles. The zero-order valence-electron chi connectivity index (χ0n) is 11.3. The van der Waals surface area contributed by atoms with E-state index in [4.69, 9.17) is 11.6 Å². The van der Waals surface area contributed by atoms with Crippen molar-refractivity contribution < 1.29 is 4.79 Å². The minimum absolute atomic E-state index is 0. The van der Waals surface area contributed by atoms with Crippen molar-refractivity contribution in [1.82, 2.24) is 10.6 Å². The van der Waals surface area contributed by atoms with Crippen LogP contribution in [0.25, 0.3) is 0 Å². The van der Waals surface area contributed by atoms with E-state index in [2.05, 4.69) is 24.5 Å². The van der Waals surface area contributed by atoms with Crippen LogP contribution in [0.1, 0.15) is 35.5 Å². The monoisotopic (exact) mass is 322 g/mol. The first-order chi connectivity index (χ1) is 8.50. The largest absolute Gasteiger partial charge is 0.347 e. The number of halogens is 2. The zero-order valence-corrected chi connectivity index (χ0v) is 13.7. The fraction of sp³-hybridized carbons (Fsp3) is 0.615. The standard InChI is InChI=1S/C13H19ClN2OS.ClH/c1-7-4-5-15-9(3)11(7)16-13(17)12-10(14)8(2)6-18-12;/h6-7,9,11,15H,4-5H2,1-3H3,(H,16,17);1H. The Morgan fingerprint density at radius 1 is 1.53 bits per heavy atom. The molecule has 3 unspecified atom stereocenters. The van der Waals surface area contributed by atoms with E-state index < -0.39 is 0 Å². The van der Waals surface area contributed by atoms with Crippen molar-refractivity contribution in [2.24, 2.45) is 5.92 Å². The lowest BCUT2D eigenvalue weighted by Crippen LogP contribution is -2.55. The molecule has 0 spiro atoms. The second-order valence-electron chi connectivity index (χ2n) is 5.07. The van der Waals surface area contributed by atoms with Crippen LogP contribution in [0.4, 0.5) is 0 Å². The summed E-state index contributed by atoms with van der Waals surface area (Å²) in [6.07, 6.45) is 1.09. The van der Waals surface area contributed by atoms with Crippen molar-refractivity contribution in [3.8, 4) is 0 Å². The molecule has 3 nitrogen and oxygen atoms in total. The number of hydrogen-bond acceptors (Lipinski definition) is 3. The smallest absolute Gasteiger partial charge is 0.263 e. The van der Waals surface area contributed by atoms with E-state index in [-0.39, 0.29) is 24.4 Å². The van der Waals surface area contributed by atoms with Gasteiger partial charge in [-0.2, -0.15) is 0 Å². The van der Waals surface area contributed by atoms with Crippen molar-refractivity contribution in [2.75, 3.05) is 6.54 Å². The Morgan fingerprint density at radius 2 is 2.21 bits per heavy atom. The number of piperidine rings is 1. The molecule has 1 aromatic rings. The van der Waals surface area contributed by atoms with Crippen molar-refractivity contribution in [2.45, 2.75) is 39.3 Å². The summed E-state index contributed by atoms with van der Waals surface area (Å²) in [5.74, 6) is 0.440. The number of carbonyl (C=O) groups excluding carboxylic acids is 1. The SMILES string of the molecule is Cc1csc(C(=O)NC2C(C)CCNC2C)c1Cl.Cl. The molecule has 19 heavy (non-hydrogen) atoms. The van der Waals surface area contributed by atoms with Gasteiger partial charge in [0.05, 0.1) is 5.02 Å². The van der Waals surface area contributed by atoms with Crippen molar-refractivity contribution in [3.63, 3.8) is 0 Å². The third kappa shape index (κ3) is 3.63. The number of thiophene rings is 1. The Bertz CT molecular complexity index is 440. The van der Waals surface area contributed by atoms with Gasteiger partial charge in [0.25, 0.3) is 5.91 Å². The summed E-state index contributed by atoms with van der Waals surface area (Å²) < 4.78 is 0. The molecule has 1 aliphatic heterocycles. The van der Waals surface area contributed by atoms with Gasteiger partial charge in [-0.1, -0.05) is 18.5 Å². The zero-order chi connectivity index (χ0) is 13.3. The van der Waals surface area contributed by atoms with E-state index in [0.717, 1.165) is 18.5 Å². The molecule has 0 radical (unpaired) electrons. The summed E-state index contributed by atoms with van der Waals surface area (Å²) in [6.45, 7) is 7.24. The fourth-order valence-corrected chi connectivity index (χ4v) is 3.59. The van der Waals surface area contributed by atoms with Crippen LogP contribution >= 0.6 is 35.3 Å². The molecule has 1 fully saturated rings.